The highest BCUT2D eigenvalue weighted by atomic mass is 35.5. The number of Topliss-reactive ketones (excluding diaryl/α,β-unsaturated/α-hetero) is 1. The molecule has 1 aromatic rings. The Balaban J connectivity index is 2.97. The van der Waals surface area contributed by atoms with E-state index in [-0.39, 0.29) is 11.3 Å². The molecule has 4 heteroatoms. The molecule has 0 bridgehead atoms. The van der Waals surface area contributed by atoms with E-state index < -0.39 is 12.6 Å². The summed E-state index contributed by atoms with van der Waals surface area (Å²) < 4.78 is 7.39. The smallest absolute Gasteiger partial charge is 0.182 e. The van der Waals surface area contributed by atoms with Crippen molar-refractivity contribution >= 4 is 17.4 Å². The molecule has 0 heterocycles. The molecule has 2 unspecified atom stereocenters. The average Bonchev–Trinajstić information content (AvgIpc) is 2.23. The summed E-state index contributed by atoms with van der Waals surface area (Å²) in [5.74, 6) is -0.338. The molecule has 3 nitrogen and oxygen atoms in total. The van der Waals surface area contributed by atoms with E-state index in [1.807, 2.05) is 20.8 Å². The molecule has 94 valence electrons. The molecule has 1 aromatic carbocycles. The Morgan fingerprint density at radius 3 is 2.71 bits per heavy atom. The van der Waals surface area contributed by atoms with E-state index in [1.54, 1.807) is 18.2 Å². The Morgan fingerprint density at radius 2 is 2.24 bits per heavy atom. The SMILES string of the molecule is [2H]C(O)C(NC(C)(C)C)C(=O)c1cccc(Cl)c1. The van der Waals surface area contributed by atoms with Crippen LogP contribution in [-0.4, -0.2) is 29.1 Å². The standard InChI is InChI=1S/C13H18ClNO2/c1-13(2,3)15-11(8-16)12(17)9-5-4-6-10(14)7-9/h4-7,11,15-16H,8H2,1-3H3/i8D. The van der Waals surface area contributed by atoms with Gasteiger partial charge in [-0.2, -0.15) is 0 Å². The third kappa shape index (κ3) is 4.46. The minimum atomic E-state index is -1.52. The molecule has 0 spiro atoms. The zero-order valence-corrected chi connectivity index (χ0v) is 11.0. The zero-order chi connectivity index (χ0) is 13.9. The van der Waals surface area contributed by atoms with Gasteiger partial charge < -0.3 is 10.4 Å². The average molecular weight is 257 g/mol. The van der Waals surface area contributed by atoms with Gasteiger partial charge in [-0.1, -0.05) is 23.7 Å². The number of rotatable bonds is 4. The lowest BCUT2D eigenvalue weighted by Crippen LogP contribution is -2.49. The Kier molecular flexibility index (Phi) is 4.15. The lowest BCUT2D eigenvalue weighted by Gasteiger charge is -2.26. The van der Waals surface area contributed by atoms with Gasteiger partial charge in [-0.15, -0.1) is 0 Å². The molecule has 0 aromatic heterocycles. The van der Waals surface area contributed by atoms with Crippen molar-refractivity contribution in [1.82, 2.24) is 5.32 Å². The molecular formula is C13H18ClNO2. The molecule has 0 aliphatic heterocycles. The van der Waals surface area contributed by atoms with Gasteiger partial charge in [0.1, 0.15) is 0 Å². The normalized spacial score (nSPS) is 16.2. The molecule has 17 heavy (non-hydrogen) atoms. The van der Waals surface area contributed by atoms with Crippen molar-refractivity contribution in [2.24, 2.45) is 0 Å². The van der Waals surface area contributed by atoms with Crippen LogP contribution in [0.4, 0.5) is 0 Å². The minimum Gasteiger partial charge on any atom is -0.394 e. The van der Waals surface area contributed by atoms with E-state index in [4.69, 9.17) is 13.0 Å². The summed E-state index contributed by atoms with van der Waals surface area (Å²) in [5.41, 5.74) is 0.0107. The molecule has 0 saturated heterocycles. The summed E-state index contributed by atoms with van der Waals surface area (Å²) in [6.07, 6.45) is 0. The second kappa shape index (κ2) is 5.63. The van der Waals surface area contributed by atoms with E-state index in [1.165, 1.54) is 6.07 Å². The number of nitrogens with one attached hydrogen (secondary N) is 1. The van der Waals surface area contributed by atoms with Crippen LogP contribution in [0.15, 0.2) is 24.3 Å². The lowest BCUT2D eigenvalue weighted by atomic mass is 10.0. The van der Waals surface area contributed by atoms with Crippen LogP contribution in [0.1, 0.15) is 32.5 Å². The van der Waals surface area contributed by atoms with Crippen LogP contribution in [0.3, 0.4) is 0 Å². The van der Waals surface area contributed by atoms with E-state index in [9.17, 15) is 9.90 Å². The number of aliphatic hydroxyl groups excluding tert-OH is 1. The predicted molar refractivity (Wildman–Crippen MR) is 69.5 cm³/mol. The number of ketones is 1. The van der Waals surface area contributed by atoms with Crippen molar-refractivity contribution in [3.8, 4) is 0 Å². The molecule has 1 rings (SSSR count). The van der Waals surface area contributed by atoms with Crippen LogP contribution in [-0.2, 0) is 0 Å². The Morgan fingerprint density at radius 1 is 1.59 bits per heavy atom. The second-order valence-electron chi connectivity index (χ2n) is 4.90. The largest absolute Gasteiger partial charge is 0.394 e. The molecule has 2 atom stereocenters. The van der Waals surface area contributed by atoms with Crippen molar-refractivity contribution in [1.29, 1.82) is 0 Å². The first-order chi connectivity index (χ1) is 8.20. The second-order valence-corrected chi connectivity index (χ2v) is 5.33. The van der Waals surface area contributed by atoms with Crippen LogP contribution < -0.4 is 5.32 Å². The molecule has 0 aliphatic carbocycles. The summed E-state index contributed by atoms with van der Waals surface area (Å²) in [6, 6.07) is 5.52. The van der Waals surface area contributed by atoms with Crippen LogP contribution >= 0.6 is 11.6 Å². The Bertz CT molecular complexity index is 429. The maximum absolute atomic E-state index is 12.2. The van der Waals surface area contributed by atoms with Crippen molar-refractivity contribution in [3.05, 3.63) is 34.9 Å². The van der Waals surface area contributed by atoms with Crippen LogP contribution in [0.5, 0.6) is 0 Å². The highest BCUT2D eigenvalue weighted by molar-refractivity contribution is 6.31. The number of carbonyl (C=O) groups is 1. The van der Waals surface area contributed by atoms with Gasteiger partial charge in [0.2, 0.25) is 0 Å². The number of halogens is 1. The molecule has 0 fully saturated rings. The van der Waals surface area contributed by atoms with Gasteiger partial charge in [0.15, 0.2) is 5.78 Å². The van der Waals surface area contributed by atoms with E-state index in [2.05, 4.69) is 5.32 Å². The first kappa shape index (κ1) is 12.6. The Labute approximate surface area is 108 Å². The fourth-order valence-electron chi connectivity index (χ4n) is 1.46. The van der Waals surface area contributed by atoms with Gasteiger partial charge in [0, 0.05) is 16.1 Å². The molecule has 0 saturated carbocycles. The molecule has 0 radical (unpaired) electrons. The first-order valence-corrected chi connectivity index (χ1v) is 5.76. The van der Waals surface area contributed by atoms with Gasteiger partial charge in [0.05, 0.1) is 14.0 Å². The van der Waals surface area contributed by atoms with Gasteiger partial charge in [0.25, 0.3) is 0 Å². The highest BCUT2D eigenvalue weighted by Gasteiger charge is 2.23. The molecule has 2 N–H and O–H groups in total. The monoisotopic (exact) mass is 256 g/mol. The van der Waals surface area contributed by atoms with Crippen molar-refractivity contribution in [2.75, 3.05) is 6.58 Å². The number of hydrogen-bond donors (Lipinski definition) is 2. The number of hydrogen-bond acceptors (Lipinski definition) is 3. The van der Waals surface area contributed by atoms with Crippen LogP contribution in [0.2, 0.25) is 5.02 Å². The van der Waals surface area contributed by atoms with E-state index >= 15 is 0 Å². The lowest BCUT2D eigenvalue weighted by molar-refractivity contribution is 0.0873. The molecule has 0 aliphatic rings. The maximum Gasteiger partial charge on any atom is 0.182 e. The van der Waals surface area contributed by atoms with E-state index in [0.29, 0.717) is 10.6 Å². The Hall–Kier alpha value is -0.900. The third-order valence-electron chi connectivity index (χ3n) is 2.13. The van der Waals surface area contributed by atoms with E-state index in [0.717, 1.165) is 0 Å². The highest BCUT2D eigenvalue weighted by Crippen LogP contribution is 2.13. The third-order valence-corrected chi connectivity index (χ3v) is 2.36. The fraction of sp³-hybridized carbons (Fsp3) is 0.462. The summed E-state index contributed by atoms with van der Waals surface area (Å²) in [5, 5.41) is 12.8. The summed E-state index contributed by atoms with van der Waals surface area (Å²) in [4.78, 5) is 12.2. The van der Waals surface area contributed by atoms with Gasteiger partial charge in [-0.25, -0.2) is 0 Å². The number of aliphatic hydroxyl groups is 1. The summed E-state index contributed by atoms with van der Waals surface area (Å²) >= 11 is 5.82. The summed E-state index contributed by atoms with van der Waals surface area (Å²) in [6.45, 7) is 4.09. The number of benzene rings is 1. The summed E-state index contributed by atoms with van der Waals surface area (Å²) in [7, 11) is 0. The first-order valence-electron chi connectivity index (χ1n) is 5.96. The number of carbonyl (C=O) groups excluding carboxylic acids is 1. The van der Waals surface area contributed by atoms with Crippen LogP contribution in [0, 0.1) is 0 Å². The predicted octanol–water partition coefficient (Wildman–Crippen LogP) is 2.27. The van der Waals surface area contributed by atoms with Gasteiger partial charge >= 0.3 is 0 Å². The van der Waals surface area contributed by atoms with Gasteiger partial charge in [-0.3, -0.25) is 4.79 Å². The van der Waals surface area contributed by atoms with Crippen LogP contribution in [0.25, 0.3) is 0 Å². The molecular weight excluding hydrogens is 238 g/mol. The fourth-order valence-corrected chi connectivity index (χ4v) is 1.65. The van der Waals surface area contributed by atoms with Crippen molar-refractivity contribution in [2.45, 2.75) is 32.4 Å². The molecule has 0 amide bonds. The minimum absolute atomic E-state index is 0.338. The quantitative estimate of drug-likeness (QED) is 0.813. The van der Waals surface area contributed by atoms with Crippen molar-refractivity contribution < 1.29 is 11.3 Å². The topological polar surface area (TPSA) is 49.3 Å². The zero-order valence-electron chi connectivity index (χ0n) is 11.2. The van der Waals surface area contributed by atoms with Gasteiger partial charge in [-0.05, 0) is 32.9 Å². The maximum atomic E-state index is 12.2. The van der Waals surface area contributed by atoms with Crippen molar-refractivity contribution in [3.63, 3.8) is 0 Å².